The number of benzene rings is 2. The Morgan fingerprint density at radius 2 is 1.75 bits per heavy atom. The van der Waals surface area contributed by atoms with Crippen molar-refractivity contribution in [2.45, 2.75) is 6.54 Å². The van der Waals surface area contributed by atoms with Gasteiger partial charge in [-0.15, -0.1) is 0 Å². The number of piperazine rings is 1. The van der Waals surface area contributed by atoms with Crippen LogP contribution >= 0.6 is 23.2 Å². The van der Waals surface area contributed by atoms with Gasteiger partial charge in [-0.05, 0) is 29.8 Å². The van der Waals surface area contributed by atoms with Gasteiger partial charge in [0, 0.05) is 32.7 Å². The summed E-state index contributed by atoms with van der Waals surface area (Å²) in [6.07, 6.45) is 0. The molecule has 1 N–H and O–H groups in total. The van der Waals surface area contributed by atoms with E-state index in [0.29, 0.717) is 10.8 Å². The molecule has 0 unspecified atom stereocenters. The van der Waals surface area contributed by atoms with Gasteiger partial charge in [0.25, 0.3) is 0 Å². The van der Waals surface area contributed by atoms with E-state index in [4.69, 9.17) is 27.9 Å². The van der Waals surface area contributed by atoms with Gasteiger partial charge in [-0.1, -0.05) is 35.3 Å². The van der Waals surface area contributed by atoms with Crippen LogP contribution in [0.2, 0.25) is 10.0 Å². The molecule has 1 aliphatic heterocycles. The van der Waals surface area contributed by atoms with Crippen molar-refractivity contribution in [1.29, 1.82) is 0 Å². The van der Waals surface area contributed by atoms with E-state index in [1.165, 1.54) is 7.11 Å². The second-order valence-electron chi connectivity index (χ2n) is 5.84. The van der Waals surface area contributed by atoms with Crippen molar-refractivity contribution < 1.29 is 9.84 Å². The summed E-state index contributed by atoms with van der Waals surface area (Å²) >= 11 is 12.3. The molecule has 1 heterocycles. The summed E-state index contributed by atoms with van der Waals surface area (Å²) in [7, 11) is 1.53. The van der Waals surface area contributed by atoms with Gasteiger partial charge in [0.05, 0.1) is 22.8 Å². The van der Waals surface area contributed by atoms with Crippen LogP contribution in [0.25, 0.3) is 0 Å². The van der Waals surface area contributed by atoms with E-state index < -0.39 is 0 Å². The number of aromatic hydroxyl groups is 1. The molecule has 0 radical (unpaired) electrons. The van der Waals surface area contributed by atoms with Crippen LogP contribution in [0.3, 0.4) is 0 Å². The number of hydrogen-bond acceptors (Lipinski definition) is 4. The fraction of sp³-hybridized carbons (Fsp3) is 0.333. The van der Waals surface area contributed by atoms with Gasteiger partial charge in [-0.2, -0.15) is 0 Å². The summed E-state index contributed by atoms with van der Waals surface area (Å²) in [5.74, 6) is 0.402. The molecule has 24 heavy (non-hydrogen) atoms. The van der Waals surface area contributed by atoms with Crippen molar-refractivity contribution in [2.75, 3.05) is 38.2 Å². The quantitative estimate of drug-likeness (QED) is 0.885. The molecule has 0 saturated carbocycles. The third kappa shape index (κ3) is 3.72. The van der Waals surface area contributed by atoms with Crippen LogP contribution in [0.4, 0.5) is 5.69 Å². The topological polar surface area (TPSA) is 35.9 Å². The number of para-hydroxylation sites is 1. The van der Waals surface area contributed by atoms with E-state index in [2.05, 4.69) is 15.9 Å². The van der Waals surface area contributed by atoms with Crippen molar-refractivity contribution in [3.63, 3.8) is 0 Å². The number of nitrogens with zero attached hydrogens (tertiary/aromatic N) is 2. The van der Waals surface area contributed by atoms with Crippen LogP contribution in [0.5, 0.6) is 11.5 Å². The van der Waals surface area contributed by atoms with Crippen LogP contribution in [0, 0.1) is 0 Å². The Bertz CT molecular complexity index is 716. The largest absolute Gasteiger partial charge is 0.503 e. The van der Waals surface area contributed by atoms with Crippen LogP contribution in [0.1, 0.15) is 5.56 Å². The molecule has 0 atom stereocenters. The average Bonchev–Trinajstić information content (AvgIpc) is 2.59. The Kier molecular flexibility index (Phi) is 5.39. The molecule has 4 nitrogen and oxygen atoms in total. The van der Waals surface area contributed by atoms with Gasteiger partial charge in [0.1, 0.15) is 0 Å². The third-order valence-electron chi connectivity index (χ3n) is 4.28. The molecule has 6 heteroatoms. The highest BCUT2D eigenvalue weighted by molar-refractivity contribution is 6.33. The highest BCUT2D eigenvalue weighted by Crippen LogP contribution is 2.35. The number of methoxy groups -OCH3 is 1. The third-order valence-corrected chi connectivity index (χ3v) is 4.89. The maximum absolute atomic E-state index is 9.82. The van der Waals surface area contributed by atoms with Crippen molar-refractivity contribution >= 4 is 28.9 Å². The Labute approximate surface area is 152 Å². The molecular formula is C18H20Cl2N2O2. The molecular weight excluding hydrogens is 347 g/mol. The lowest BCUT2D eigenvalue weighted by molar-refractivity contribution is 0.249. The Balaban J connectivity index is 1.64. The molecule has 0 spiro atoms. The highest BCUT2D eigenvalue weighted by atomic mass is 35.5. The van der Waals surface area contributed by atoms with Gasteiger partial charge >= 0.3 is 0 Å². The van der Waals surface area contributed by atoms with E-state index >= 15 is 0 Å². The summed E-state index contributed by atoms with van der Waals surface area (Å²) in [5.41, 5.74) is 2.12. The van der Waals surface area contributed by atoms with Gasteiger partial charge in [-0.25, -0.2) is 0 Å². The Morgan fingerprint density at radius 1 is 1.04 bits per heavy atom. The minimum absolute atomic E-state index is 0.00791. The predicted octanol–water partition coefficient (Wildman–Crippen LogP) is 4.03. The maximum atomic E-state index is 9.82. The summed E-state index contributed by atoms with van der Waals surface area (Å²) in [6.45, 7) is 4.49. The molecule has 3 rings (SSSR count). The fourth-order valence-electron chi connectivity index (χ4n) is 2.99. The van der Waals surface area contributed by atoms with Gasteiger partial charge in [0.2, 0.25) is 0 Å². The van der Waals surface area contributed by atoms with Crippen molar-refractivity contribution in [3.05, 3.63) is 52.0 Å². The molecule has 2 aromatic carbocycles. The van der Waals surface area contributed by atoms with Crippen LogP contribution < -0.4 is 9.64 Å². The Hall–Kier alpha value is -1.62. The molecule has 0 aromatic heterocycles. The lowest BCUT2D eigenvalue weighted by Gasteiger charge is -2.36. The molecule has 0 aliphatic carbocycles. The second-order valence-corrected chi connectivity index (χ2v) is 6.66. The second kappa shape index (κ2) is 7.51. The lowest BCUT2D eigenvalue weighted by atomic mass is 10.1. The minimum Gasteiger partial charge on any atom is -0.503 e. The van der Waals surface area contributed by atoms with Crippen molar-refractivity contribution in [1.82, 2.24) is 4.90 Å². The predicted molar refractivity (Wildman–Crippen MR) is 98.6 cm³/mol. The molecule has 1 fully saturated rings. The van der Waals surface area contributed by atoms with Gasteiger partial charge in [-0.3, -0.25) is 4.90 Å². The van der Waals surface area contributed by atoms with Crippen LogP contribution in [0.15, 0.2) is 36.4 Å². The average molecular weight is 367 g/mol. The van der Waals surface area contributed by atoms with E-state index in [9.17, 15) is 5.11 Å². The summed E-state index contributed by atoms with van der Waals surface area (Å²) in [4.78, 5) is 4.67. The summed E-state index contributed by atoms with van der Waals surface area (Å²) < 4.78 is 5.17. The Morgan fingerprint density at radius 3 is 2.42 bits per heavy atom. The number of ether oxygens (including phenoxy) is 1. The number of rotatable bonds is 4. The first-order chi connectivity index (χ1) is 11.6. The first kappa shape index (κ1) is 17.2. The van der Waals surface area contributed by atoms with E-state index in [1.54, 1.807) is 6.07 Å². The van der Waals surface area contributed by atoms with E-state index in [0.717, 1.165) is 49.0 Å². The smallest absolute Gasteiger partial charge is 0.176 e. The SMILES string of the molecule is COc1cc(CN2CCN(c3ccccc3Cl)CC2)cc(Cl)c1O. The molecule has 1 aliphatic rings. The molecule has 2 aromatic rings. The molecule has 0 bridgehead atoms. The van der Waals surface area contributed by atoms with Crippen LogP contribution in [-0.2, 0) is 6.54 Å². The maximum Gasteiger partial charge on any atom is 0.176 e. The standard InChI is InChI=1S/C18H20Cl2N2O2/c1-24-17-11-13(10-15(20)18(17)23)12-21-6-8-22(9-7-21)16-5-3-2-4-14(16)19/h2-5,10-11,23H,6-9,12H2,1H3. The van der Waals surface area contributed by atoms with Crippen molar-refractivity contribution in [2.24, 2.45) is 0 Å². The normalized spacial score (nSPS) is 15.5. The highest BCUT2D eigenvalue weighted by Gasteiger charge is 2.19. The van der Waals surface area contributed by atoms with Crippen molar-refractivity contribution in [3.8, 4) is 11.5 Å². The number of hydrogen-bond donors (Lipinski definition) is 1. The zero-order valence-electron chi connectivity index (χ0n) is 13.5. The molecule has 0 amide bonds. The number of phenols is 1. The number of phenolic OH excluding ortho intramolecular Hbond substituents is 1. The van der Waals surface area contributed by atoms with E-state index in [-0.39, 0.29) is 5.75 Å². The van der Waals surface area contributed by atoms with Gasteiger partial charge < -0.3 is 14.7 Å². The zero-order chi connectivity index (χ0) is 17.1. The van der Waals surface area contributed by atoms with Gasteiger partial charge in [0.15, 0.2) is 11.5 Å². The lowest BCUT2D eigenvalue weighted by Crippen LogP contribution is -2.46. The number of anilines is 1. The van der Waals surface area contributed by atoms with Crippen LogP contribution in [-0.4, -0.2) is 43.3 Å². The summed E-state index contributed by atoms with van der Waals surface area (Å²) in [6, 6.07) is 11.6. The first-order valence-corrected chi connectivity index (χ1v) is 8.61. The fourth-order valence-corrected chi connectivity index (χ4v) is 3.48. The molecule has 128 valence electrons. The van der Waals surface area contributed by atoms with E-state index in [1.807, 2.05) is 24.3 Å². The first-order valence-electron chi connectivity index (χ1n) is 7.85. The molecule has 1 saturated heterocycles. The monoisotopic (exact) mass is 366 g/mol. The summed E-state index contributed by atoms with van der Waals surface area (Å²) in [5, 5.41) is 10.9. The zero-order valence-corrected chi connectivity index (χ0v) is 15.0. The minimum atomic E-state index is -0.00791. The number of halogens is 2.